The Morgan fingerprint density at radius 2 is 1.89 bits per heavy atom. The predicted molar refractivity (Wildman–Crippen MR) is 73.9 cm³/mol. The lowest BCUT2D eigenvalue weighted by Gasteiger charge is -2.17. The van der Waals surface area contributed by atoms with Crippen LogP contribution in [0, 0.1) is 0 Å². The molecule has 0 unspecified atom stereocenters. The van der Waals surface area contributed by atoms with E-state index in [1.54, 1.807) is 31.2 Å². The quantitative estimate of drug-likeness (QED) is 0.769. The van der Waals surface area contributed by atoms with Gasteiger partial charge in [-0.3, -0.25) is 4.79 Å². The molecule has 0 saturated carbocycles. The lowest BCUT2D eigenvalue weighted by atomic mass is 10.1. The summed E-state index contributed by atoms with van der Waals surface area (Å²) in [6.45, 7) is 4.12. The van der Waals surface area contributed by atoms with Crippen LogP contribution in [0.1, 0.15) is 43.5 Å². The molecule has 0 bridgehead atoms. The van der Waals surface area contributed by atoms with Gasteiger partial charge < -0.3 is 10.1 Å². The maximum atomic E-state index is 12.0. The number of carbonyl (C=O) groups excluding carboxylic acids is 2. The molecule has 0 saturated heterocycles. The van der Waals surface area contributed by atoms with E-state index in [2.05, 4.69) is 5.32 Å². The molecule has 0 spiro atoms. The SMILES string of the molecule is CCCC[C@H](NC(=O)c1ccccc1)C(=O)OCC. The second kappa shape index (κ2) is 8.29. The van der Waals surface area contributed by atoms with E-state index in [0.717, 1.165) is 12.8 Å². The maximum Gasteiger partial charge on any atom is 0.328 e. The largest absolute Gasteiger partial charge is 0.464 e. The Balaban J connectivity index is 2.66. The molecule has 0 aliphatic heterocycles. The number of carbonyl (C=O) groups is 2. The minimum absolute atomic E-state index is 0.241. The molecule has 4 heteroatoms. The van der Waals surface area contributed by atoms with Gasteiger partial charge in [0, 0.05) is 5.56 Å². The van der Waals surface area contributed by atoms with Crippen molar-refractivity contribution in [1.29, 1.82) is 0 Å². The number of amides is 1. The molecular weight excluding hydrogens is 242 g/mol. The summed E-state index contributed by atoms with van der Waals surface area (Å²) in [4.78, 5) is 23.8. The van der Waals surface area contributed by atoms with E-state index in [9.17, 15) is 9.59 Å². The van der Waals surface area contributed by atoms with Crippen LogP contribution >= 0.6 is 0 Å². The number of nitrogens with one attached hydrogen (secondary N) is 1. The molecule has 104 valence electrons. The van der Waals surface area contributed by atoms with Crippen molar-refractivity contribution in [3.05, 3.63) is 35.9 Å². The van der Waals surface area contributed by atoms with Crippen molar-refractivity contribution < 1.29 is 14.3 Å². The zero-order valence-corrected chi connectivity index (χ0v) is 11.5. The molecule has 0 aliphatic rings. The molecule has 1 rings (SSSR count). The van der Waals surface area contributed by atoms with Crippen molar-refractivity contribution >= 4 is 11.9 Å². The Bertz CT molecular complexity index is 403. The average Bonchev–Trinajstić information content (AvgIpc) is 2.44. The van der Waals surface area contributed by atoms with E-state index in [-0.39, 0.29) is 11.9 Å². The number of ether oxygens (including phenoxy) is 1. The molecule has 1 amide bonds. The van der Waals surface area contributed by atoms with Crippen LogP contribution in [-0.4, -0.2) is 24.5 Å². The lowest BCUT2D eigenvalue weighted by molar-refractivity contribution is -0.145. The molecule has 19 heavy (non-hydrogen) atoms. The van der Waals surface area contributed by atoms with Crippen LogP contribution in [0.2, 0.25) is 0 Å². The zero-order valence-electron chi connectivity index (χ0n) is 11.5. The summed E-state index contributed by atoms with van der Waals surface area (Å²) in [6.07, 6.45) is 2.45. The Kier molecular flexibility index (Phi) is 6.64. The third-order valence-electron chi connectivity index (χ3n) is 2.76. The van der Waals surface area contributed by atoms with E-state index >= 15 is 0 Å². The lowest BCUT2D eigenvalue weighted by Crippen LogP contribution is -2.41. The highest BCUT2D eigenvalue weighted by Crippen LogP contribution is 2.05. The van der Waals surface area contributed by atoms with Gasteiger partial charge in [0.25, 0.3) is 5.91 Å². The minimum Gasteiger partial charge on any atom is -0.464 e. The van der Waals surface area contributed by atoms with Gasteiger partial charge in [0.15, 0.2) is 0 Å². The number of esters is 1. The molecule has 1 aromatic rings. The van der Waals surface area contributed by atoms with Crippen LogP contribution < -0.4 is 5.32 Å². The highest BCUT2D eigenvalue weighted by atomic mass is 16.5. The van der Waals surface area contributed by atoms with Crippen LogP contribution in [0.25, 0.3) is 0 Å². The zero-order chi connectivity index (χ0) is 14.1. The summed E-state index contributed by atoms with van der Waals surface area (Å²) in [6, 6.07) is 8.30. The number of hydrogen-bond donors (Lipinski definition) is 1. The molecule has 1 N–H and O–H groups in total. The number of hydrogen-bond acceptors (Lipinski definition) is 3. The van der Waals surface area contributed by atoms with Gasteiger partial charge in [-0.2, -0.15) is 0 Å². The van der Waals surface area contributed by atoms with Gasteiger partial charge in [0.2, 0.25) is 0 Å². The summed E-state index contributed by atoms with van der Waals surface area (Å²) >= 11 is 0. The highest BCUT2D eigenvalue weighted by molar-refractivity contribution is 5.96. The Morgan fingerprint density at radius 3 is 2.47 bits per heavy atom. The first-order valence-electron chi connectivity index (χ1n) is 6.71. The Hall–Kier alpha value is -1.84. The summed E-state index contributed by atoms with van der Waals surface area (Å²) in [7, 11) is 0. The summed E-state index contributed by atoms with van der Waals surface area (Å²) in [5.74, 6) is -0.602. The molecule has 0 radical (unpaired) electrons. The van der Waals surface area contributed by atoms with E-state index in [1.165, 1.54) is 0 Å². The fourth-order valence-electron chi connectivity index (χ4n) is 1.73. The van der Waals surface area contributed by atoms with Gasteiger partial charge in [-0.15, -0.1) is 0 Å². The summed E-state index contributed by atoms with van der Waals surface area (Å²) in [5.41, 5.74) is 0.549. The van der Waals surface area contributed by atoms with Crippen LogP contribution in [0.5, 0.6) is 0 Å². The van der Waals surface area contributed by atoms with Crippen molar-refractivity contribution in [3.8, 4) is 0 Å². The fourth-order valence-corrected chi connectivity index (χ4v) is 1.73. The Labute approximate surface area is 114 Å². The van der Waals surface area contributed by atoms with Crippen molar-refractivity contribution in [2.24, 2.45) is 0 Å². The second-order valence-electron chi connectivity index (χ2n) is 4.29. The molecule has 0 aliphatic carbocycles. The van der Waals surface area contributed by atoms with Crippen LogP contribution in [0.4, 0.5) is 0 Å². The van der Waals surface area contributed by atoms with Crippen molar-refractivity contribution in [2.45, 2.75) is 39.2 Å². The van der Waals surface area contributed by atoms with Crippen LogP contribution in [0.3, 0.4) is 0 Å². The smallest absolute Gasteiger partial charge is 0.328 e. The van der Waals surface area contributed by atoms with Crippen LogP contribution in [0.15, 0.2) is 30.3 Å². The normalized spacial score (nSPS) is 11.7. The van der Waals surface area contributed by atoms with Gasteiger partial charge in [0.05, 0.1) is 6.61 Å². The van der Waals surface area contributed by atoms with Crippen LogP contribution in [-0.2, 0) is 9.53 Å². The molecule has 0 aromatic heterocycles. The summed E-state index contributed by atoms with van der Waals surface area (Å²) in [5, 5.41) is 2.74. The van der Waals surface area contributed by atoms with E-state index in [0.29, 0.717) is 18.6 Å². The molecule has 1 aromatic carbocycles. The molecule has 0 heterocycles. The minimum atomic E-state index is -0.562. The van der Waals surface area contributed by atoms with Gasteiger partial charge in [0.1, 0.15) is 6.04 Å². The van der Waals surface area contributed by atoms with Gasteiger partial charge >= 0.3 is 5.97 Å². The third kappa shape index (κ3) is 5.12. The van der Waals surface area contributed by atoms with E-state index < -0.39 is 6.04 Å². The highest BCUT2D eigenvalue weighted by Gasteiger charge is 2.21. The fraction of sp³-hybridized carbons (Fsp3) is 0.467. The first-order chi connectivity index (χ1) is 9.19. The van der Waals surface area contributed by atoms with Crippen molar-refractivity contribution in [3.63, 3.8) is 0 Å². The monoisotopic (exact) mass is 263 g/mol. The molecule has 1 atom stereocenters. The van der Waals surface area contributed by atoms with E-state index in [4.69, 9.17) is 4.74 Å². The number of rotatable bonds is 7. The first kappa shape index (κ1) is 15.2. The average molecular weight is 263 g/mol. The summed E-state index contributed by atoms with van der Waals surface area (Å²) < 4.78 is 4.98. The number of benzene rings is 1. The topological polar surface area (TPSA) is 55.4 Å². The second-order valence-corrected chi connectivity index (χ2v) is 4.29. The van der Waals surface area contributed by atoms with Crippen molar-refractivity contribution in [2.75, 3.05) is 6.61 Å². The van der Waals surface area contributed by atoms with E-state index in [1.807, 2.05) is 13.0 Å². The Morgan fingerprint density at radius 1 is 1.21 bits per heavy atom. The third-order valence-corrected chi connectivity index (χ3v) is 2.76. The van der Waals surface area contributed by atoms with Gasteiger partial charge in [-0.1, -0.05) is 38.0 Å². The standard InChI is InChI=1S/C15H21NO3/c1-3-5-11-13(15(18)19-4-2)16-14(17)12-9-7-6-8-10-12/h6-10,13H,3-5,11H2,1-2H3,(H,16,17)/t13-/m0/s1. The van der Waals surface area contributed by atoms with Crippen molar-refractivity contribution in [1.82, 2.24) is 5.32 Å². The number of unbranched alkanes of at least 4 members (excludes halogenated alkanes) is 1. The molecule has 0 fully saturated rings. The van der Waals surface area contributed by atoms with Gasteiger partial charge in [-0.05, 0) is 25.5 Å². The van der Waals surface area contributed by atoms with Gasteiger partial charge in [-0.25, -0.2) is 4.79 Å². The first-order valence-corrected chi connectivity index (χ1v) is 6.71. The molecular formula is C15H21NO3. The molecule has 4 nitrogen and oxygen atoms in total. The maximum absolute atomic E-state index is 12.0. The predicted octanol–water partition coefficient (Wildman–Crippen LogP) is 2.54.